The third kappa shape index (κ3) is 2.93. The van der Waals surface area contributed by atoms with Gasteiger partial charge in [0.25, 0.3) is 0 Å². The Labute approximate surface area is 82.3 Å². The van der Waals surface area contributed by atoms with Gasteiger partial charge in [0.15, 0.2) is 0 Å². The fraction of sp³-hybridized carbons (Fsp3) is 0.900. The predicted octanol–water partition coefficient (Wildman–Crippen LogP) is 2.92. The molecule has 1 N–H and O–H groups in total. The van der Waals surface area contributed by atoms with Crippen LogP contribution in [0.3, 0.4) is 0 Å². The maximum Gasteiger partial charge on any atom is 0.303 e. The van der Waals surface area contributed by atoms with Crippen LogP contribution in [-0.2, 0) is 4.79 Å². The van der Waals surface area contributed by atoms with Gasteiger partial charge in [0, 0.05) is 5.92 Å². The van der Waals surface area contributed by atoms with Gasteiger partial charge in [0.05, 0.1) is 6.42 Å². The van der Waals surface area contributed by atoms with E-state index in [4.69, 9.17) is 5.11 Å². The van der Waals surface area contributed by atoms with E-state index in [1.807, 2.05) is 0 Å². The summed E-state index contributed by atoms with van der Waals surface area (Å²) >= 11 is 0. The molecule has 0 heterocycles. The first-order chi connectivity index (χ1) is 6.41. The maximum absolute atomic E-state index is 13.1. The second-order valence-corrected chi connectivity index (χ2v) is 4.21. The molecule has 0 amide bonds. The van der Waals surface area contributed by atoms with Crippen LogP contribution in [0.25, 0.3) is 0 Å². The van der Waals surface area contributed by atoms with E-state index in [-0.39, 0.29) is 5.92 Å². The molecule has 14 heavy (non-hydrogen) atoms. The molecule has 1 aliphatic carbocycles. The Morgan fingerprint density at radius 2 is 2.00 bits per heavy atom. The summed E-state index contributed by atoms with van der Waals surface area (Å²) in [4.78, 5) is 10.5. The first-order valence-corrected chi connectivity index (χ1v) is 5.01. The van der Waals surface area contributed by atoms with E-state index in [1.54, 1.807) is 0 Å². The van der Waals surface area contributed by atoms with Crippen molar-refractivity contribution >= 4 is 5.97 Å². The summed E-state index contributed by atoms with van der Waals surface area (Å²) < 4.78 is 26.3. The Hall–Kier alpha value is -0.670. The number of alkyl halides is 2. The molecule has 0 aliphatic heterocycles. The van der Waals surface area contributed by atoms with Crippen LogP contribution in [0, 0.1) is 11.8 Å². The van der Waals surface area contributed by atoms with Gasteiger partial charge in [-0.05, 0) is 25.7 Å². The van der Waals surface area contributed by atoms with Crippen LogP contribution in [0.2, 0.25) is 0 Å². The molecule has 1 unspecified atom stereocenters. The Morgan fingerprint density at radius 1 is 1.50 bits per heavy atom. The van der Waals surface area contributed by atoms with E-state index in [0.717, 1.165) is 32.6 Å². The zero-order valence-corrected chi connectivity index (χ0v) is 8.30. The summed E-state index contributed by atoms with van der Waals surface area (Å²) in [5, 5.41) is 8.57. The number of hydrogen-bond donors (Lipinski definition) is 1. The molecule has 0 aromatic carbocycles. The molecule has 0 spiro atoms. The lowest BCUT2D eigenvalue weighted by Gasteiger charge is -2.27. The van der Waals surface area contributed by atoms with E-state index in [1.165, 1.54) is 0 Å². The molecule has 1 atom stereocenters. The molecule has 82 valence electrons. The summed E-state index contributed by atoms with van der Waals surface area (Å²) in [6.07, 6.45) is 3.00. The van der Waals surface area contributed by atoms with Crippen LogP contribution in [0.4, 0.5) is 8.78 Å². The van der Waals surface area contributed by atoms with Gasteiger partial charge in [-0.1, -0.05) is 12.8 Å². The van der Waals surface area contributed by atoms with E-state index in [2.05, 4.69) is 0 Å². The van der Waals surface area contributed by atoms with Gasteiger partial charge in [-0.25, -0.2) is 8.78 Å². The summed E-state index contributed by atoms with van der Waals surface area (Å²) in [6, 6.07) is 0. The molecule has 0 radical (unpaired) electrons. The van der Waals surface area contributed by atoms with Crippen molar-refractivity contribution in [2.75, 3.05) is 0 Å². The number of hydrogen-bond acceptors (Lipinski definition) is 1. The highest BCUT2D eigenvalue weighted by molar-refractivity contribution is 5.67. The molecule has 0 saturated heterocycles. The summed E-state index contributed by atoms with van der Waals surface area (Å²) in [6.45, 7) is 0.832. The fourth-order valence-electron chi connectivity index (χ4n) is 2.31. The monoisotopic (exact) mass is 206 g/mol. The van der Waals surface area contributed by atoms with Crippen molar-refractivity contribution in [3.8, 4) is 0 Å². The lowest BCUT2D eigenvalue weighted by Crippen LogP contribution is -2.32. The molecule has 4 heteroatoms. The zero-order chi connectivity index (χ0) is 10.8. The second kappa shape index (κ2) is 4.24. The predicted molar refractivity (Wildman–Crippen MR) is 48.3 cm³/mol. The van der Waals surface area contributed by atoms with Crippen molar-refractivity contribution in [3.05, 3.63) is 0 Å². The largest absolute Gasteiger partial charge is 0.481 e. The van der Waals surface area contributed by atoms with Crippen molar-refractivity contribution in [1.82, 2.24) is 0 Å². The van der Waals surface area contributed by atoms with Crippen molar-refractivity contribution < 1.29 is 18.7 Å². The van der Waals surface area contributed by atoms with Gasteiger partial charge in [-0.3, -0.25) is 4.79 Å². The van der Waals surface area contributed by atoms with Gasteiger partial charge < -0.3 is 5.11 Å². The van der Waals surface area contributed by atoms with Crippen LogP contribution < -0.4 is 0 Å². The molecule has 0 aromatic heterocycles. The molecule has 1 aliphatic rings. The summed E-state index contributed by atoms with van der Waals surface area (Å²) in [7, 11) is 0. The molecule has 0 bridgehead atoms. The van der Waals surface area contributed by atoms with Crippen molar-refractivity contribution in [2.45, 2.75) is 45.0 Å². The second-order valence-electron chi connectivity index (χ2n) is 4.21. The average Bonchev–Trinajstić information content (AvgIpc) is 2.49. The van der Waals surface area contributed by atoms with Crippen LogP contribution in [0.1, 0.15) is 39.0 Å². The van der Waals surface area contributed by atoms with Gasteiger partial charge in [-0.15, -0.1) is 0 Å². The Morgan fingerprint density at radius 3 is 2.36 bits per heavy atom. The fourth-order valence-corrected chi connectivity index (χ4v) is 2.31. The van der Waals surface area contributed by atoms with Crippen molar-refractivity contribution in [3.63, 3.8) is 0 Å². The number of carbonyl (C=O) groups is 1. The van der Waals surface area contributed by atoms with Gasteiger partial charge in [0.1, 0.15) is 0 Å². The van der Waals surface area contributed by atoms with Gasteiger partial charge in [0.2, 0.25) is 5.92 Å². The van der Waals surface area contributed by atoms with Crippen molar-refractivity contribution in [2.24, 2.45) is 11.8 Å². The average molecular weight is 206 g/mol. The lowest BCUT2D eigenvalue weighted by molar-refractivity contribution is -0.144. The van der Waals surface area contributed by atoms with E-state index < -0.39 is 24.2 Å². The molecule has 1 rings (SSSR count). The van der Waals surface area contributed by atoms with Crippen LogP contribution in [0.5, 0.6) is 0 Å². The number of halogens is 2. The number of carboxylic acid groups (broad SMARTS) is 1. The molecular weight excluding hydrogens is 190 g/mol. The highest BCUT2D eigenvalue weighted by Gasteiger charge is 2.41. The standard InChI is InChI=1S/C10H16F2O2/c1-10(11,12)8(6-9(13)14)7-4-2-3-5-7/h7-8H,2-6H2,1H3,(H,13,14). The molecule has 0 aromatic rings. The number of rotatable bonds is 4. The minimum absolute atomic E-state index is 0.105. The van der Waals surface area contributed by atoms with Crippen LogP contribution in [-0.4, -0.2) is 17.0 Å². The normalized spacial score (nSPS) is 21.1. The van der Waals surface area contributed by atoms with Crippen LogP contribution >= 0.6 is 0 Å². The molecule has 1 saturated carbocycles. The third-order valence-electron chi connectivity index (χ3n) is 3.01. The van der Waals surface area contributed by atoms with Gasteiger partial charge >= 0.3 is 5.97 Å². The van der Waals surface area contributed by atoms with Crippen LogP contribution in [0.15, 0.2) is 0 Å². The minimum Gasteiger partial charge on any atom is -0.481 e. The Balaban J connectivity index is 2.65. The van der Waals surface area contributed by atoms with E-state index in [0.29, 0.717) is 0 Å². The Bertz CT molecular complexity index is 205. The first-order valence-electron chi connectivity index (χ1n) is 5.01. The maximum atomic E-state index is 13.1. The molecular formula is C10H16F2O2. The quantitative estimate of drug-likeness (QED) is 0.767. The third-order valence-corrected chi connectivity index (χ3v) is 3.01. The topological polar surface area (TPSA) is 37.3 Å². The van der Waals surface area contributed by atoms with E-state index >= 15 is 0 Å². The molecule has 2 nitrogen and oxygen atoms in total. The summed E-state index contributed by atoms with van der Waals surface area (Å²) in [5.74, 6) is -5.08. The number of carboxylic acids is 1. The zero-order valence-electron chi connectivity index (χ0n) is 8.30. The van der Waals surface area contributed by atoms with Crippen molar-refractivity contribution in [1.29, 1.82) is 0 Å². The van der Waals surface area contributed by atoms with E-state index in [9.17, 15) is 13.6 Å². The summed E-state index contributed by atoms with van der Waals surface area (Å²) in [5.41, 5.74) is 0. The smallest absolute Gasteiger partial charge is 0.303 e. The first kappa shape index (κ1) is 11.4. The number of aliphatic carboxylic acids is 1. The highest BCUT2D eigenvalue weighted by Crippen LogP contribution is 2.41. The highest BCUT2D eigenvalue weighted by atomic mass is 19.3. The lowest BCUT2D eigenvalue weighted by atomic mass is 9.84. The molecule has 1 fully saturated rings. The SMILES string of the molecule is CC(F)(F)C(CC(=O)O)C1CCCC1. The van der Waals surface area contributed by atoms with Gasteiger partial charge in [-0.2, -0.15) is 0 Å². The Kier molecular flexibility index (Phi) is 3.45. The minimum atomic E-state index is -2.87.